The van der Waals surface area contributed by atoms with Gasteiger partial charge in [0.1, 0.15) is 11.4 Å². The van der Waals surface area contributed by atoms with Gasteiger partial charge in [-0.25, -0.2) is 8.42 Å². The molecule has 0 radical (unpaired) electrons. The van der Waals surface area contributed by atoms with Crippen LogP contribution in [0.5, 0.6) is 5.75 Å². The molecule has 6 nitrogen and oxygen atoms in total. The van der Waals surface area contributed by atoms with Gasteiger partial charge in [-0.05, 0) is 42.8 Å². The van der Waals surface area contributed by atoms with Gasteiger partial charge < -0.3 is 10.1 Å². The van der Waals surface area contributed by atoms with Gasteiger partial charge in [0.2, 0.25) is 15.9 Å². The molecule has 4 rings (SSSR count). The summed E-state index contributed by atoms with van der Waals surface area (Å²) in [5, 5.41) is 4.79. The maximum absolute atomic E-state index is 13.0. The summed E-state index contributed by atoms with van der Waals surface area (Å²) in [6, 6.07) is 19.9. The third-order valence-corrected chi connectivity index (χ3v) is 7.31. The predicted molar refractivity (Wildman–Crippen MR) is 120 cm³/mol. The smallest absolute Gasteiger partial charge is 0.243 e. The Balaban J connectivity index is 1.50. The minimum atomic E-state index is -3.80. The number of para-hydroxylation sites is 1. The number of ether oxygens (including phenoxy) is 1. The highest BCUT2D eigenvalue weighted by molar-refractivity contribution is 7.89. The molecule has 1 aliphatic heterocycles. The molecule has 0 aliphatic carbocycles. The van der Waals surface area contributed by atoms with E-state index < -0.39 is 15.6 Å². The van der Waals surface area contributed by atoms with Crippen molar-refractivity contribution in [1.29, 1.82) is 0 Å². The second-order valence-corrected chi connectivity index (χ2v) is 10.5. The Bertz CT molecular complexity index is 1240. The van der Waals surface area contributed by atoms with Crippen LogP contribution in [0.2, 0.25) is 0 Å². The fourth-order valence-electron chi connectivity index (χ4n) is 3.97. The lowest BCUT2D eigenvalue weighted by molar-refractivity contribution is -0.122. The minimum Gasteiger partial charge on any atom is -0.487 e. The van der Waals surface area contributed by atoms with Gasteiger partial charge in [0.05, 0.1) is 17.5 Å². The summed E-state index contributed by atoms with van der Waals surface area (Å²) in [6.07, 6.45) is 0.594. The monoisotopic (exact) mass is 438 g/mol. The van der Waals surface area contributed by atoms with Crippen LogP contribution in [-0.2, 0) is 14.8 Å². The van der Waals surface area contributed by atoms with Crippen LogP contribution in [0.1, 0.15) is 31.9 Å². The zero-order valence-electron chi connectivity index (χ0n) is 17.8. The number of rotatable bonds is 5. The second kappa shape index (κ2) is 7.98. The van der Waals surface area contributed by atoms with E-state index >= 15 is 0 Å². The molecule has 0 spiro atoms. The molecule has 0 saturated heterocycles. The molecular formula is C24H26N2O4S. The van der Waals surface area contributed by atoms with E-state index in [1.807, 2.05) is 62.4 Å². The third kappa shape index (κ3) is 4.43. The highest BCUT2D eigenvalue weighted by atomic mass is 32.2. The van der Waals surface area contributed by atoms with Gasteiger partial charge in [0.25, 0.3) is 0 Å². The molecule has 3 aromatic rings. The maximum atomic E-state index is 13.0. The number of carbonyl (C=O) groups is 1. The lowest BCUT2D eigenvalue weighted by Gasteiger charge is -2.38. The molecule has 31 heavy (non-hydrogen) atoms. The molecule has 0 saturated carbocycles. The van der Waals surface area contributed by atoms with E-state index in [0.717, 1.165) is 26.4 Å². The van der Waals surface area contributed by atoms with Crippen LogP contribution in [0.4, 0.5) is 0 Å². The van der Waals surface area contributed by atoms with Crippen molar-refractivity contribution in [2.45, 2.75) is 36.8 Å². The molecule has 162 valence electrons. The summed E-state index contributed by atoms with van der Waals surface area (Å²) in [7, 11) is -2.38. The molecular weight excluding hydrogens is 412 g/mol. The van der Waals surface area contributed by atoms with Crippen LogP contribution < -0.4 is 10.1 Å². The van der Waals surface area contributed by atoms with Crippen LogP contribution in [0.15, 0.2) is 71.6 Å². The summed E-state index contributed by atoms with van der Waals surface area (Å²) in [5.41, 5.74) is 0.463. The molecule has 7 heteroatoms. The van der Waals surface area contributed by atoms with Crippen molar-refractivity contribution in [1.82, 2.24) is 9.62 Å². The van der Waals surface area contributed by atoms with Crippen LogP contribution in [0.25, 0.3) is 10.8 Å². The Morgan fingerprint density at radius 2 is 1.74 bits per heavy atom. The van der Waals surface area contributed by atoms with Crippen molar-refractivity contribution >= 4 is 26.7 Å². The minimum absolute atomic E-state index is 0.166. The summed E-state index contributed by atoms with van der Waals surface area (Å²) in [4.78, 5) is 12.9. The highest BCUT2D eigenvalue weighted by Gasteiger charge is 2.34. The number of hydrogen-bond donors (Lipinski definition) is 1. The van der Waals surface area contributed by atoms with Gasteiger partial charge in [-0.3, -0.25) is 4.79 Å². The Hall–Kier alpha value is -2.90. The van der Waals surface area contributed by atoms with Gasteiger partial charge in [-0.2, -0.15) is 4.31 Å². The van der Waals surface area contributed by atoms with Gasteiger partial charge in [-0.15, -0.1) is 0 Å². The molecule has 0 bridgehead atoms. The first kappa shape index (κ1) is 21.3. The number of likely N-dealkylation sites (N-methyl/N-ethyl adjacent to an activating group) is 1. The zero-order chi connectivity index (χ0) is 22.2. The van der Waals surface area contributed by atoms with Crippen molar-refractivity contribution in [2.75, 3.05) is 13.6 Å². The molecule has 1 N–H and O–H groups in total. The quantitative estimate of drug-likeness (QED) is 0.656. The van der Waals surface area contributed by atoms with Crippen molar-refractivity contribution < 1.29 is 17.9 Å². The van der Waals surface area contributed by atoms with Crippen molar-refractivity contribution in [3.8, 4) is 5.75 Å². The Morgan fingerprint density at radius 3 is 2.52 bits per heavy atom. The largest absolute Gasteiger partial charge is 0.487 e. The highest BCUT2D eigenvalue weighted by Crippen LogP contribution is 2.39. The first-order valence-corrected chi connectivity index (χ1v) is 11.6. The summed E-state index contributed by atoms with van der Waals surface area (Å²) in [5.74, 6) is 0.380. The molecule has 1 atom stereocenters. The number of nitrogens with one attached hydrogen (secondary N) is 1. The Labute approximate surface area is 182 Å². The summed E-state index contributed by atoms with van der Waals surface area (Å²) in [6.45, 7) is 3.67. The van der Waals surface area contributed by atoms with Crippen molar-refractivity contribution in [3.05, 3.63) is 72.3 Å². The summed E-state index contributed by atoms with van der Waals surface area (Å²) >= 11 is 0. The Kier molecular flexibility index (Phi) is 5.49. The first-order chi connectivity index (χ1) is 14.7. The van der Waals surface area contributed by atoms with Crippen LogP contribution >= 0.6 is 0 Å². The van der Waals surface area contributed by atoms with E-state index in [2.05, 4.69) is 5.32 Å². The van der Waals surface area contributed by atoms with E-state index in [0.29, 0.717) is 6.42 Å². The summed E-state index contributed by atoms with van der Waals surface area (Å²) < 4.78 is 33.1. The third-order valence-electron chi connectivity index (χ3n) is 5.51. The number of fused-ring (bicyclic) bond motifs is 2. The number of nitrogens with zero attached hydrogens (tertiary/aromatic N) is 1. The van der Waals surface area contributed by atoms with Gasteiger partial charge in [0, 0.05) is 19.0 Å². The topological polar surface area (TPSA) is 75.7 Å². The van der Waals surface area contributed by atoms with E-state index in [9.17, 15) is 13.2 Å². The number of amides is 1. The number of sulfonamides is 1. The van der Waals surface area contributed by atoms with Crippen LogP contribution in [0, 0.1) is 0 Å². The molecule has 0 fully saturated rings. The molecule has 0 aromatic heterocycles. The fraction of sp³-hybridized carbons (Fsp3) is 0.292. The number of hydrogen-bond acceptors (Lipinski definition) is 4. The van der Waals surface area contributed by atoms with E-state index in [4.69, 9.17) is 4.74 Å². The zero-order valence-corrected chi connectivity index (χ0v) is 18.6. The maximum Gasteiger partial charge on any atom is 0.243 e. The SMILES string of the molecule is CN(CC(=O)N[C@H]1CC(C)(C)Oc2ccccc21)S(=O)(=O)c1ccc2ccccc2c1. The van der Waals surface area contributed by atoms with E-state index in [-0.39, 0.29) is 23.4 Å². The number of benzene rings is 3. The average molecular weight is 439 g/mol. The fourth-order valence-corrected chi connectivity index (χ4v) is 5.13. The van der Waals surface area contributed by atoms with Crippen molar-refractivity contribution in [3.63, 3.8) is 0 Å². The lowest BCUT2D eigenvalue weighted by Crippen LogP contribution is -2.44. The molecule has 1 heterocycles. The first-order valence-electron chi connectivity index (χ1n) is 10.2. The van der Waals surface area contributed by atoms with E-state index in [1.165, 1.54) is 7.05 Å². The second-order valence-electron chi connectivity index (χ2n) is 8.49. The Morgan fingerprint density at radius 1 is 1.06 bits per heavy atom. The standard InChI is InChI=1S/C24H26N2O4S/c1-24(2)15-21(20-10-6-7-11-22(20)30-24)25-23(27)16-26(3)31(28,29)19-13-12-17-8-4-5-9-18(17)14-19/h4-14,21H,15-16H2,1-3H3,(H,25,27)/t21-/m0/s1. The van der Waals surface area contributed by atoms with Gasteiger partial charge in [-0.1, -0.05) is 48.5 Å². The molecule has 0 unspecified atom stereocenters. The van der Waals surface area contributed by atoms with Crippen molar-refractivity contribution in [2.24, 2.45) is 0 Å². The average Bonchev–Trinajstić information content (AvgIpc) is 2.72. The molecule has 3 aromatic carbocycles. The molecule has 1 amide bonds. The normalized spacial score (nSPS) is 17.7. The van der Waals surface area contributed by atoms with Crippen LogP contribution in [0.3, 0.4) is 0 Å². The predicted octanol–water partition coefficient (Wildman–Crippen LogP) is 3.88. The van der Waals surface area contributed by atoms with Gasteiger partial charge in [0.15, 0.2) is 0 Å². The van der Waals surface area contributed by atoms with Crippen LogP contribution in [-0.4, -0.2) is 37.8 Å². The number of carbonyl (C=O) groups excluding carboxylic acids is 1. The lowest BCUT2D eigenvalue weighted by atomic mass is 9.89. The molecule has 1 aliphatic rings. The van der Waals surface area contributed by atoms with E-state index in [1.54, 1.807) is 18.2 Å². The van der Waals surface area contributed by atoms with Gasteiger partial charge >= 0.3 is 0 Å².